The SMILES string of the molecule is C=CCOC(=O)NCc1ccccc1OCC(=O)O. The fraction of sp³-hybridized carbons (Fsp3) is 0.231. The van der Waals surface area contributed by atoms with Gasteiger partial charge in [-0.25, -0.2) is 9.59 Å². The number of nitrogens with one attached hydrogen (secondary N) is 1. The highest BCUT2D eigenvalue weighted by Gasteiger charge is 2.07. The quantitative estimate of drug-likeness (QED) is 0.731. The molecular weight excluding hydrogens is 250 g/mol. The average Bonchev–Trinajstić information content (AvgIpc) is 2.41. The molecule has 1 amide bonds. The number of ether oxygens (including phenoxy) is 2. The van der Waals surface area contributed by atoms with Gasteiger partial charge in [-0.3, -0.25) is 0 Å². The molecule has 0 spiro atoms. The van der Waals surface area contributed by atoms with Gasteiger partial charge < -0.3 is 19.9 Å². The van der Waals surface area contributed by atoms with E-state index in [-0.39, 0.29) is 13.2 Å². The van der Waals surface area contributed by atoms with E-state index in [1.807, 2.05) is 0 Å². The first-order valence-electron chi connectivity index (χ1n) is 5.57. The lowest BCUT2D eigenvalue weighted by Gasteiger charge is -2.10. The highest BCUT2D eigenvalue weighted by molar-refractivity contribution is 5.69. The van der Waals surface area contributed by atoms with E-state index in [4.69, 9.17) is 14.6 Å². The van der Waals surface area contributed by atoms with Crippen molar-refractivity contribution in [1.29, 1.82) is 0 Å². The van der Waals surface area contributed by atoms with Gasteiger partial charge in [0.1, 0.15) is 12.4 Å². The minimum Gasteiger partial charge on any atom is -0.482 e. The Morgan fingerprint density at radius 2 is 2.11 bits per heavy atom. The number of hydrogen-bond donors (Lipinski definition) is 2. The fourth-order valence-electron chi connectivity index (χ4n) is 1.28. The van der Waals surface area contributed by atoms with Crippen LogP contribution in [-0.2, 0) is 16.1 Å². The number of carboxylic acids is 1. The monoisotopic (exact) mass is 265 g/mol. The number of para-hydroxylation sites is 1. The molecule has 0 aliphatic rings. The number of carbonyl (C=O) groups excluding carboxylic acids is 1. The molecule has 102 valence electrons. The maximum Gasteiger partial charge on any atom is 0.407 e. The van der Waals surface area contributed by atoms with Gasteiger partial charge in [0, 0.05) is 12.1 Å². The van der Waals surface area contributed by atoms with Gasteiger partial charge in [0.2, 0.25) is 0 Å². The second-order valence-corrected chi connectivity index (χ2v) is 3.53. The Kier molecular flexibility index (Phi) is 5.94. The number of benzene rings is 1. The van der Waals surface area contributed by atoms with Crippen molar-refractivity contribution >= 4 is 12.1 Å². The molecule has 1 aromatic carbocycles. The van der Waals surface area contributed by atoms with Crippen LogP contribution in [0.1, 0.15) is 5.56 Å². The lowest BCUT2D eigenvalue weighted by Crippen LogP contribution is -2.24. The van der Waals surface area contributed by atoms with E-state index in [0.717, 1.165) is 0 Å². The highest BCUT2D eigenvalue weighted by atomic mass is 16.5. The molecule has 2 N–H and O–H groups in total. The third-order valence-electron chi connectivity index (χ3n) is 2.08. The van der Waals surface area contributed by atoms with Crippen molar-refractivity contribution in [3.8, 4) is 5.75 Å². The Hall–Kier alpha value is -2.50. The normalized spacial score (nSPS) is 9.47. The zero-order chi connectivity index (χ0) is 14.1. The van der Waals surface area contributed by atoms with Crippen LogP contribution in [0, 0.1) is 0 Å². The van der Waals surface area contributed by atoms with Crippen molar-refractivity contribution < 1.29 is 24.2 Å². The highest BCUT2D eigenvalue weighted by Crippen LogP contribution is 2.17. The molecule has 0 heterocycles. The first-order valence-corrected chi connectivity index (χ1v) is 5.57. The molecule has 0 fully saturated rings. The fourth-order valence-corrected chi connectivity index (χ4v) is 1.28. The lowest BCUT2D eigenvalue weighted by molar-refractivity contribution is -0.139. The van der Waals surface area contributed by atoms with Crippen LogP contribution in [0.3, 0.4) is 0 Å². The lowest BCUT2D eigenvalue weighted by atomic mass is 10.2. The number of aliphatic carboxylic acids is 1. The Labute approximate surface area is 110 Å². The number of hydrogen-bond acceptors (Lipinski definition) is 4. The zero-order valence-corrected chi connectivity index (χ0v) is 10.3. The van der Waals surface area contributed by atoms with Crippen LogP contribution in [-0.4, -0.2) is 30.4 Å². The molecule has 6 heteroatoms. The number of alkyl carbamates (subject to hydrolysis) is 1. The first kappa shape index (κ1) is 14.6. The second kappa shape index (κ2) is 7.75. The second-order valence-electron chi connectivity index (χ2n) is 3.53. The van der Waals surface area contributed by atoms with Crippen molar-refractivity contribution in [3.63, 3.8) is 0 Å². The molecule has 0 unspecified atom stereocenters. The number of rotatable bonds is 7. The summed E-state index contributed by atoms with van der Waals surface area (Å²) in [6.45, 7) is 3.31. The maximum atomic E-state index is 11.2. The largest absolute Gasteiger partial charge is 0.482 e. The molecule has 0 aliphatic heterocycles. The number of carboxylic acid groups (broad SMARTS) is 1. The van der Waals surface area contributed by atoms with E-state index < -0.39 is 18.7 Å². The van der Waals surface area contributed by atoms with Crippen LogP contribution < -0.4 is 10.1 Å². The maximum absolute atomic E-state index is 11.2. The van der Waals surface area contributed by atoms with Gasteiger partial charge in [-0.15, -0.1) is 0 Å². The van der Waals surface area contributed by atoms with E-state index in [1.54, 1.807) is 24.3 Å². The summed E-state index contributed by atoms with van der Waals surface area (Å²) in [6.07, 6.45) is 0.886. The predicted molar refractivity (Wildman–Crippen MR) is 68.0 cm³/mol. The van der Waals surface area contributed by atoms with Gasteiger partial charge in [0.15, 0.2) is 6.61 Å². The molecule has 0 atom stereocenters. The van der Waals surface area contributed by atoms with Crippen LogP contribution in [0.25, 0.3) is 0 Å². The minimum absolute atomic E-state index is 0.128. The van der Waals surface area contributed by atoms with Crippen LogP contribution >= 0.6 is 0 Å². The summed E-state index contributed by atoms with van der Waals surface area (Å²) in [7, 11) is 0. The molecular formula is C13H15NO5. The molecule has 0 radical (unpaired) electrons. The Morgan fingerprint density at radius 1 is 1.37 bits per heavy atom. The Bertz CT molecular complexity index is 458. The molecule has 0 aromatic heterocycles. The standard InChI is InChI=1S/C13H15NO5/c1-2-7-18-13(17)14-8-10-5-3-4-6-11(10)19-9-12(15)16/h2-6H,1,7-9H2,(H,14,17)(H,15,16). The summed E-state index contributed by atoms with van der Waals surface area (Å²) >= 11 is 0. The summed E-state index contributed by atoms with van der Waals surface area (Å²) < 4.78 is 9.85. The van der Waals surface area contributed by atoms with E-state index in [0.29, 0.717) is 11.3 Å². The van der Waals surface area contributed by atoms with Crippen LogP contribution in [0.15, 0.2) is 36.9 Å². The zero-order valence-electron chi connectivity index (χ0n) is 10.3. The third-order valence-corrected chi connectivity index (χ3v) is 2.08. The molecule has 6 nitrogen and oxygen atoms in total. The van der Waals surface area contributed by atoms with Gasteiger partial charge in [0.25, 0.3) is 0 Å². The van der Waals surface area contributed by atoms with E-state index in [1.165, 1.54) is 6.08 Å². The molecule has 0 aliphatic carbocycles. The van der Waals surface area contributed by atoms with E-state index >= 15 is 0 Å². The molecule has 1 rings (SSSR count). The van der Waals surface area contributed by atoms with Gasteiger partial charge in [-0.05, 0) is 6.07 Å². The Morgan fingerprint density at radius 3 is 2.79 bits per heavy atom. The molecule has 0 saturated heterocycles. The molecule has 0 bridgehead atoms. The predicted octanol–water partition coefficient (Wildman–Crippen LogP) is 1.56. The van der Waals surface area contributed by atoms with Crippen molar-refractivity contribution in [2.75, 3.05) is 13.2 Å². The van der Waals surface area contributed by atoms with Crippen molar-refractivity contribution in [2.45, 2.75) is 6.54 Å². The number of amides is 1. The molecule has 1 aromatic rings. The van der Waals surface area contributed by atoms with Crippen LogP contribution in [0.2, 0.25) is 0 Å². The van der Waals surface area contributed by atoms with Gasteiger partial charge in [0.05, 0.1) is 0 Å². The van der Waals surface area contributed by atoms with E-state index in [2.05, 4.69) is 11.9 Å². The molecule has 19 heavy (non-hydrogen) atoms. The average molecular weight is 265 g/mol. The summed E-state index contributed by atoms with van der Waals surface area (Å²) in [5.41, 5.74) is 0.666. The van der Waals surface area contributed by atoms with Gasteiger partial charge in [-0.2, -0.15) is 0 Å². The van der Waals surface area contributed by atoms with Crippen LogP contribution in [0.4, 0.5) is 4.79 Å². The van der Waals surface area contributed by atoms with Gasteiger partial charge >= 0.3 is 12.1 Å². The first-order chi connectivity index (χ1) is 9.13. The Balaban J connectivity index is 2.54. The van der Waals surface area contributed by atoms with Crippen LogP contribution in [0.5, 0.6) is 5.75 Å². The van der Waals surface area contributed by atoms with Crippen molar-refractivity contribution in [2.24, 2.45) is 0 Å². The summed E-state index contributed by atoms with van der Waals surface area (Å²) in [5, 5.41) is 11.1. The minimum atomic E-state index is -1.06. The molecule has 0 saturated carbocycles. The number of carbonyl (C=O) groups is 2. The summed E-state index contributed by atoms with van der Waals surface area (Å²) in [6, 6.07) is 6.84. The summed E-state index contributed by atoms with van der Waals surface area (Å²) in [5.74, 6) is -0.651. The van der Waals surface area contributed by atoms with Gasteiger partial charge in [-0.1, -0.05) is 30.9 Å². The van der Waals surface area contributed by atoms with Crippen molar-refractivity contribution in [1.82, 2.24) is 5.32 Å². The summed E-state index contributed by atoms with van der Waals surface area (Å²) in [4.78, 5) is 21.7. The van der Waals surface area contributed by atoms with E-state index in [9.17, 15) is 9.59 Å². The van der Waals surface area contributed by atoms with Crippen molar-refractivity contribution in [3.05, 3.63) is 42.5 Å². The smallest absolute Gasteiger partial charge is 0.407 e. The topological polar surface area (TPSA) is 84.9 Å². The third kappa shape index (κ3) is 5.58.